The van der Waals surface area contributed by atoms with E-state index in [-0.39, 0.29) is 28.0 Å². The molecule has 0 unspecified atom stereocenters. The molecule has 0 aliphatic rings. The molecule has 0 aliphatic heterocycles. The Hall–Kier alpha value is -3.73. The minimum Gasteiger partial charge on any atom is -0.403 e. The minimum atomic E-state index is -0.882. The number of carbonyl (C=O) groups excluding carboxylic acids is 1. The third-order valence-corrected chi connectivity index (χ3v) is 4.86. The van der Waals surface area contributed by atoms with Gasteiger partial charge in [-0.25, -0.2) is 8.78 Å². The van der Waals surface area contributed by atoms with Crippen molar-refractivity contribution in [2.45, 2.75) is 0 Å². The van der Waals surface area contributed by atoms with Crippen molar-refractivity contribution < 1.29 is 22.9 Å². The predicted octanol–water partition coefficient (Wildman–Crippen LogP) is 4.39. The summed E-state index contributed by atoms with van der Waals surface area (Å²) in [4.78, 5) is 23.0. The average Bonchev–Trinajstić information content (AvgIpc) is 3.27. The number of aromatic nitrogens is 2. The fourth-order valence-electron chi connectivity index (χ4n) is 2.46. The second-order valence-electron chi connectivity index (χ2n) is 5.58. The highest BCUT2D eigenvalue weighted by atomic mass is 32.1. The summed E-state index contributed by atoms with van der Waals surface area (Å²) in [6, 6.07) is 8.35. The van der Waals surface area contributed by atoms with Crippen molar-refractivity contribution >= 4 is 39.0 Å². The van der Waals surface area contributed by atoms with E-state index in [1.165, 1.54) is 18.2 Å². The van der Waals surface area contributed by atoms with Crippen LogP contribution in [0.1, 0.15) is 9.67 Å². The number of amides is 1. The van der Waals surface area contributed by atoms with Crippen LogP contribution < -0.4 is 5.32 Å². The van der Waals surface area contributed by atoms with Crippen LogP contribution in [0, 0.1) is 21.7 Å². The lowest BCUT2D eigenvalue weighted by atomic mass is 10.2. The Morgan fingerprint density at radius 1 is 1.14 bits per heavy atom. The number of nitrogens with zero attached hydrogens (tertiary/aromatic N) is 3. The molecule has 11 heteroatoms. The Balaban J connectivity index is 1.56. The number of anilines is 1. The molecule has 2 aromatic heterocycles. The maximum atomic E-state index is 13.8. The first-order valence-electron chi connectivity index (χ1n) is 7.69. The molecule has 0 aliphatic carbocycles. The highest BCUT2D eigenvalue weighted by molar-refractivity contribution is 7.20. The Bertz CT molecular complexity index is 1240. The molecule has 8 nitrogen and oxygen atoms in total. The standard InChI is InChI=1S/C17H8F2N4O4S/c18-9-1-3-11(12(19)7-9)16-21-22-17(27-16)20-15(24)14-6-8-5-10(23(25)26)2-4-13(8)28-14/h1-7H,(H,20,22,24). The van der Waals surface area contributed by atoms with Crippen molar-refractivity contribution in [3.63, 3.8) is 0 Å². The van der Waals surface area contributed by atoms with Gasteiger partial charge in [-0.2, -0.15) is 0 Å². The van der Waals surface area contributed by atoms with Gasteiger partial charge in [0.15, 0.2) is 0 Å². The predicted molar refractivity (Wildman–Crippen MR) is 96.1 cm³/mol. The first-order chi connectivity index (χ1) is 13.4. The van der Waals surface area contributed by atoms with Crippen LogP contribution in [-0.4, -0.2) is 21.0 Å². The zero-order chi connectivity index (χ0) is 19.8. The summed E-state index contributed by atoms with van der Waals surface area (Å²) in [5.74, 6) is -2.43. The van der Waals surface area contributed by atoms with E-state index in [0.717, 1.165) is 23.5 Å². The van der Waals surface area contributed by atoms with Crippen molar-refractivity contribution in [2.75, 3.05) is 5.32 Å². The van der Waals surface area contributed by atoms with Gasteiger partial charge in [0.2, 0.25) is 0 Å². The number of rotatable bonds is 4. The number of halogens is 2. The van der Waals surface area contributed by atoms with E-state index in [1.807, 2.05) is 0 Å². The summed E-state index contributed by atoms with van der Waals surface area (Å²) < 4.78 is 32.7. The number of thiophene rings is 1. The van der Waals surface area contributed by atoms with Gasteiger partial charge < -0.3 is 4.42 Å². The first kappa shape index (κ1) is 17.7. The van der Waals surface area contributed by atoms with Crippen LogP contribution in [-0.2, 0) is 0 Å². The molecule has 0 atom stereocenters. The lowest BCUT2D eigenvalue weighted by Crippen LogP contribution is -2.10. The zero-order valence-corrected chi connectivity index (χ0v) is 14.5. The van der Waals surface area contributed by atoms with Crippen molar-refractivity contribution in [1.82, 2.24) is 10.2 Å². The van der Waals surface area contributed by atoms with E-state index < -0.39 is 22.5 Å². The van der Waals surface area contributed by atoms with E-state index in [0.29, 0.717) is 16.2 Å². The molecule has 140 valence electrons. The molecule has 0 saturated carbocycles. The topological polar surface area (TPSA) is 111 Å². The Morgan fingerprint density at radius 3 is 2.71 bits per heavy atom. The monoisotopic (exact) mass is 402 g/mol. The number of hydrogen-bond acceptors (Lipinski definition) is 7. The molecular weight excluding hydrogens is 394 g/mol. The van der Waals surface area contributed by atoms with Gasteiger partial charge in [-0.15, -0.1) is 16.4 Å². The van der Waals surface area contributed by atoms with Gasteiger partial charge in [0.25, 0.3) is 17.5 Å². The Labute approximate surface area is 158 Å². The summed E-state index contributed by atoms with van der Waals surface area (Å²) in [5, 5.41) is 21.0. The number of benzene rings is 2. The molecule has 28 heavy (non-hydrogen) atoms. The normalized spacial score (nSPS) is 10.9. The summed E-state index contributed by atoms with van der Waals surface area (Å²) in [6.45, 7) is 0. The van der Waals surface area contributed by atoms with Crippen LogP contribution >= 0.6 is 11.3 Å². The van der Waals surface area contributed by atoms with Gasteiger partial charge in [-0.05, 0) is 24.3 Å². The number of carbonyl (C=O) groups is 1. The first-order valence-corrected chi connectivity index (χ1v) is 8.50. The van der Waals surface area contributed by atoms with E-state index in [1.54, 1.807) is 6.07 Å². The lowest BCUT2D eigenvalue weighted by molar-refractivity contribution is -0.384. The smallest absolute Gasteiger partial charge is 0.322 e. The quantitative estimate of drug-likeness (QED) is 0.400. The van der Waals surface area contributed by atoms with E-state index >= 15 is 0 Å². The second kappa shape index (κ2) is 6.78. The SMILES string of the molecule is O=C(Nc1nnc(-c2ccc(F)cc2F)o1)c1cc2cc([N+](=O)[O-])ccc2s1. The molecule has 1 N–H and O–H groups in total. The maximum Gasteiger partial charge on any atom is 0.322 e. The fourth-order valence-corrected chi connectivity index (χ4v) is 3.40. The number of nitrogens with one attached hydrogen (secondary N) is 1. The zero-order valence-electron chi connectivity index (χ0n) is 13.7. The summed E-state index contributed by atoms with van der Waals surface area (Å²) >= 11 is 1.13. The summed E-state index contributed by atoms with van der Waals surface area (Å²) in [5.41, 5.74) is -0.191. The van der Waals surface area contributed by atoms with Gasteiger partial charge in [0.05, 0.1) is 15.4 Å². The summed E-state index contributed by atoms with van der Waals surface area (Å²) in [6.07, 6.45) is 0. The van der Waals surface area contributed by atoms with Crippen LogP contribution in [0.25, 0.3) is 21.5 Å². The number of hydrogen-bond donors (Lipinski definition) is 1. The number of fused-ring (bicyclic) bond motifs is 1. The molecule has 0 fully saturated rings. The highest BCUT2D eigenvalue weighted by Gasteiger charge is 2.18. The molecule has 2 heterocycles. The van der Waals surface area contributed by atoms with Crippen LogP contribution in [0.2, 0.25) is 0 Å². The van der Waals surface area contributed by atoms with Crippen molar-refractivity contribution in [3.8, 4) is 11.5 Å². The van der Waals surface area contributed by atoms with Gasteiger partial charge in [-0.3, -0.25) is 20.2 Å². The van der Waals surface area contributed by atoms with Crippen LogP contribution in [0.4, 0.5) is 20.5 Å². The lowest BCUT2D eigenvalue weighted by Gasteiger charge is -1.98. The molecule has 1 amide bonds. The van der Waals surface area contributed by atoms with Gasteiger partial charge in [-0.1, -0.05) is 5.10 Å². The Kier molecular flexibility index (Phi) is 4.28. The molecule has 0 spiro atoms. The maximum absolute atomic E-state index is 13.8. The van der Waals surface area contributed by atoms with E-state index in [4.69, 9.17) is 4.42 Å². The molecule has 2 aromatic carbocycles. The number of nitro benzene ring substituents is 1. The third-order valence-electron chi connectivity index (χ3n) is 3.74. The fraction of sp³-hybridized carbons (Fsp3) is 0. The third kappa shape index (κ3) is 3.30. The minimum absolute atomic E-state index is 0.0832. The van der Waals surface area contributed by atoms with Crippen LogP contribution in [0.5, 0.6) is 0 Å². The molecular formula is C17H8F2N4O4S. The molecule has 0 bridgehead atoms. The number of nitro groups is 1. The van der Waals surface area contributed by atoms with Gasteiger partial charge in [0, 0.05) is 28.3 Å². The molecule has 4 rings (SSSR count). The average molecular weight is 402 g/mol. The highest BCUT2D eigenvalue weighted by Crippen LogP contribution is 2.30. The van der Waals surface area contributed by atoms with Gasteiger partial charge >= 0.3 is 6.01 Å². The largest absolute Gasteiger partial charge is 0.403 e. The summed E-state index contributed by atoms with van der Waals surface area (Å²) in [7, 11) is 0. The van der Waals surface area contributed by atoms with E-state index in [2.05, 4.69) is 15.5 Å². The molecule has 0 saturated heterocycles. The van der Waals surface area contributed by atoms with Crippen LogP contribution in [0.15, 0.2) is 46.9 Å². The van der Waals surface area contributed by atoms with Gasteiger partial charge in [0.1, 0.15) is 11.6 Å². The van der Waals surface area contributed by atoms with Crippen molar-refractivity contribution in [3.05, 3.63) is 69.1 Å². The second-order valence-corrected chi connectivity index (χ2v) is 6.66. The Morgan fingerprint density at radius 2 is 1.96 bits per heavy atom. The van der Waals surface area contributed by atoms with Crippen molar-refractivity contribution in [1.29, 1.82) is 0 Å². The van der Waals surface area contributed by atoms with E-state index in [9.17, 15) is 23.7 Å². The van der Waals surface area contributed by atoms with Crippen LogP contribution in [0.3, 0.4) is 0 Å². The molecule has 4 aromatic rings. The molecule has 0 radical (unpaired) electrons. The number of non-ortho nitro benzene ring substituents is 1. The van der Waals surface area contributed by atoms with Crippen molar-refractivity contribution in [2.24, 2.45) is 0 Å².